The maximum Gasteiger partial charge on any atom is 0.118 e. The number of ether oxygens (including phenoxy) is 1. The van der Waals surface area contributed by atoms with Gasteiger partial charge in [-0.15, -0.1) is 0 Å². The number of hydrogen-bond donors (Lipinski definition) is 0. The van der Waals surface area contributed by atoms with Crippen molar-refractivity contribution >= 4 is 0 Å². The van der Waals surface area contributed by atoms with E-state index in [-0.39, 0.29) is 0 Å². The van der Waals surface area contributed by atoms with E-state index in [9.17, 15) is 0 Å². The molecule has 0 atom stereocenters. The van der Waals surface area contributed by atoms with Gasteiger partial charge in [-0.1, -0.05) is 67.6 Å². The molecule has 0 bridgehead atoms. The van der Waals surface area contributed by atoms with Crippen LogP contribution in [-0.2, 0) is 19.3 Å². The van der Waals surface area contributed by atoms with Gasteiger partial charge in [0.25, 0.3) is 0 Å². The van der Waals surface area contributed by atoms with Crippen LogP contribution in [0.15, 0.2) is 72.8 Å². The van der Waals surface area contributed by atoms with Gasteiger partial charge in [0.1, 0.15) is 5.75 Å². The highest BCUT2D eigenvalue weighted by atomic mass is 16.5. The summed E-state index contributed by atoms with van der Waals surface area (Å²) in [5.41, 5.74) is 7.03. The average molecular weight is 330 g/mol. The van der Waals surface area contributed by atoms with Crippen molar-refractivity contribution in [3.63, 3.8) is 0 Å². The molecule has 3 aromatic rings. The molecule has 3 rings (SSSR count). The second-order valence-electron chi connectivity index (χ2n) is 6.37. The van der Waals surface area contributed by atoms with Gasteiger partial charge in [0.15, 0.2) is 0 Å². The molecule has 1 nitrogen and oxygen atoms in total. The summed E-state index contributed by atoms with van der Waals surface area (Å²) < 4.78 is 5.23. The molecule has 25 heavy (non-hydrogen) atoms. The maximum absolute atomic E-state index is 5.23. The van der Waals surface area contributed by atoms with Crippen molar-refractivity contribution in [3.05, 3.63) is 89.5 Å². The van der Waals surface area contributed by atoms with E-state index in [4.69, 9.17) is 4.74 Å². The molecule has 3 aromatic carbocycles. The van der Waals surface area contributed by atoms with E-state index in [0.717, 1.165) is 31.4 Å². The van der Waals surface area contributed by atoms with Crippen molar-refractivity contribution < 1.29 is 4.74 Å². The average Bonchev–Trinajstić information content (AvgIpc) is 2.69. The largest absolute Gasteiger partial charge is 0.497 e. The molecule has 128 valence electrons. The van der Waals surface area contributed by atoms with Crippen LogP contribution in [-0.4, -0.2) is 7.11 Å². The molecule has 0 aliphatic rings. The number of aryl methyl sites for hydroxylation is 3. The molecule has 0 saturated heterocycles. The van der Waals surface area contributed by atoms with Crippen LogP contribution >= 0.6 is 0 Å². The molecule has 0 aliphatic carbocycles. The minimum atomic E-state index is 0.922. The predicted molar refractivity (Wildman–Crippen MR) is 106 cm³/mol. The molecule has 0 N–H and O–H groups in total. The van der Waals surface area contributed by atoms with Gasteiger partial charge in [-0.3, -0.25) is 0 Å². The Morgan fingerprint density at radius 2 is 1.44 bits per heavy atom. The van der Waals surface area contributed by atoms with Gasteiger partial charge in [-0.05, 0) is 65.6 Å². The first-order chi connectivity index (χ1) is 12.3. The molecule has 0 fully saturated rings. The van der Waals surface area contributed by atoms with Gasteiger partial charge in [0, 0.05) is 0 Å². The Labute approximate surface area is 151 Å². The van der Waals surface area contributed by atoms with Crippen LogP contribution in [0.25, 0.3) is 11.1 Å². The summed E-state index contributed by atoms with van der Waals surface area (Å²) in [4.78, 5) is 0. The molecule has 0 aromatic heterocycles. The van der Waals surface area contributed by atoms with Crippen molar-refractivity contribution in [2.24, 2.45) is 0 Å². The second kappa shape index (κ2) is 8.53. The lowest BCUT2D eigenvalue weighted by atomic mass is 9.90. The predicted octanol–water partition coefficient (Wildman–Crippen LogP) is 6.10. The Morgan fingerprint density at radius 3 is 2.12 bits per heavy atom. The van der Waals surface area contributed by atoms with E-state index in [1.807, 2.05) is 12.1 Å². The smallest absolute Gasteiger partial charge is 0.118 e. The molecule has 0 heterocycles. The lowest BCUT2D eigenvalue weighted by molar-refractivity contribution is 0.414. The summed E-state index contributed by atoms with van der Waals surface area (Å²) in [6, 6.07) is 26.0. The zero-order chi connectivity index (χ0) is 17.5. The third-order valence-electron chi connectivity index (χ3n) is 4.75. The lowest BCUT2D eigenvalue weighted by Crippen LogP contribution is -1.97. The van der Waals surface area contributed by atoms with Crippen LogP contribution in [0, 0.1) is 0 Å². The van der Waals surface area contributed by atoms with Crippen molar-refractivity contribution in [3.8, 4) is 16.9 Å². The van der Waals surface area contributed by atoms with Gasteiger partial charge in [-0.2, -0.15) is 0 Å². The maximum atomic E-state index is 5.23. The van der Waals surface area contributed by atoms with Crippen LogP contribution in [0.5, 0.6) is 5.75 Å². The minimum Gasteiger partial charge on any atom is -0.497 e. The Bertz CT molecular complexity index is 788. The van der Waals surface area contributed by atoms with E-state index >= 15 is 0 Å². The van der Waals surface area contributed by atoms with Crippen LogP contribution < -0.4 is 4.74 Å². The molecule has 0 saturated carbocycles. The first kappa shape index (κ1) is 17.3. The Balaban J connectivity index is 1.75. The summed E-state index contributed by atoms with van der Waals surface area (Å²) >= 11 is 0. The molecule has 0 spiro atoms. The standard InChI is InChI=1S/C24H26O/c1-3-20-12-8-14-22(24(20)21-10-5-4-6-11-21)13-7-9-19-15-17-23(25-2)18-16-19/h4-6,8,10-12,14-18H,3,7,9,13H2,1-2H3. The summed E-state index contributed by atoms with van der Waals surface area (Å²) in [5.74, 6) is 0.922. The van der Waals surface area contributed by atoms with E-state index in [1.54, 1.807) is 7.11 Å². The Morgan fingerprint density at radius 1 is 0.720 bits per heavy atom. The van der Waals surface area contributed by atoms with E-state index in [0.29, 0.717) is 0 Å². The van der Waals surface area contributed by atoms with Gasteiger partial charge < -0.3 is 4.74 Å². The fourth-order valence-corrected chi connectivity index (χ4v) is 3.41. The highest BCUT2D eigenvalue weighted by Crippen LogP contribution is 2.29. The fraction of sp³-hybridized carbons (Fsp3) is 0.250. The highest BCUT2D eigenvalue weighted by Gasteiger charge is 2.09. The molecular weight excluding hydrogens is 304 g/mol. The van der Waals surface area contributed by atoms with Crippen molar-refractivity contribution in [2.75, 3.05) is 7.11 Å². The van der Waals surface area contributed by atoms with Crippen LogP contribution in [0.4, 0.5) is 0 Å². The van der Waals surface area contributed by atoms with Crippen molar-refractivity contribution in [1.29, 1.82) is 0 Å². The molecule has 1 heteroatoms. The molecular formula is C24H26O. The molecule has 0 amide bonds. The zero-order valence-corrected chi connectivity index (χ0v) is 15.2. The molecule has 0 radical (unpaired) electrons. The first-order valence-electron chi connectivity index (χ1n) is 9.11. The van der Waals surface area contributed by atoms with Gasteiger partial charge in [-0.25, -0.2) is 0 Å². The molecule has 0 aliphatic heterocycles. The summed E-state index contributed by atoms with van der Waals surface area (Å²) in [6.07, 6.45) is 4.41. The topological polar surface area (TPSA) is 9.23 Å². The fourth-order valence-electron chi connectivity index (χ4n) is 3.41. The monoisotopic (exact) mass is 330 g/mol. The number of rotatable bonds is 7. The first-order valence-corrected chi connectivity index (χ1v) is 9.11. The summed E-state index contributed by atoms with van der Waals surface area (Å²) in [5, 5.41) is 0. The van der Waals surface area contributed by atoms with Crippen LogP contribution in [0.3, 0.4) is 0 Å². The third kappa shape index (κ3) is 4.30. The second-order valence-corrected chi connectivity index (χ2v) is 6.37. The van der Waals surface area contributed by atoms with Crippen molar-refractivity contribution in [2.45, 2.75) is 32.6 Å². The van der Waals surface area contributed by atoms with Crippen LogP contribution in [0.1, 0.15) is 30.0 Å². The lowest BCUT2D eigenvalue weighted by Gasteiger charge is -2.14. The number of methoxy groups -OCH3 is 1. The Kier molecular flexibility index (Phi) is 5.90. The van der Waals surface area contributed by atoms with Gasteiger partial charge >= 0.3 is 0 Å². The quantitative estimate of drug-likeness (QED) is 0.508. The zero-order valence-electron chi connectivity index (χ0n) is 15.2. The SMILES string of the molecule is CCc1cccc(CCCc2ccc(OC)cc2)c1-c1ccccc1. The van der Waals surface area contributed by atoms with E-state index in [1.165, 1.54) is 27.8 Å². The number of hydrogen-bond acceptors (Lipinski definition) is 1. The summed E-state index contributed by atoms with van der Waals surface area (Å²) in [7, 11) is 1.71. The Hall–Kier alpha value is -2.54. The van der Waals surface area contributed by atoms with Gasteiger partial charge in [0.05, 0.1) is 7.11 Å². The normalized spacial score (nSPS) is 10.6. The number of benzene rings is 3. The summed E-state index contributed by atoms with van der Waals surface area (Å²) in [6.45, 7) is 2.24. The van der Waals surface area contributed by atoms with E-state index in [2.05, 4.69) is 67.6 Å². The van der Waals surface area contributed by atoms with Gasteiger partial charge in [0.2, 0.25) is 0 Å². The highest BCUT2D eigenvalue weighted by molar-refractivity contribution is 5.71. The molecule has 0 unspecified atom stereocenters. The minimum absolute atomic E-state index is 0.922. The van der Waals surface area contributed by atoms with E-state index < -0.39 is 0 Å². The van der Waals surface area contributed by atoms with Crippen molar-refractivity contribution in [1.82, 2.24) is 0 Å². The third-order valence-corrected chi connectivity index (χ3v) is 4.75. The van der Waals surface area contributed by atoms with Crippen LogP contribution in [0.2, 0.25) is 0 Å².